The van der Waals surface area contributed by atoms with Gasteiger partial charge in [-0.1, -0.05) is 38.1 Å². The van der Waals surface area contributed by atoms with Crippen LogP contribution in [0.4, 0.5) is 0 Å². The summed E-state index contributed by atoms with van der Waals surface area (Å²) in [6, 6.07) is 8.77. The first kappa shape index (κ1) is 19.1. The Bertz CT molecular complexity index is 723. The molecule has 1 unspecified atom stereocenters. The van der Waals surface area contributed by atoms with Gasteiger partial charge in [-0.2, -0.15) is 0 Å². The van der Waals surface area contributed by atoms with Gasteiger partial charge in [0.2, 0.25) is 5.91 Å². The Balaban J connectivity index is 1.58. The molecule has 1 aliphatic rings. The maximum Gasteiger partial charge on any atom is 0.217 e. The molecule has 1 aliphatic heterocycles. The van der Waals surface area contributed by atoms with Crippen LogP contribution in [0.1, 0.15) is 56.7 Å². The van der Waals surface area contributed by atoms with Crippen LogP contribution in [-0.4, -0.2) is 28.9 Å². The number of benzene rings is 1. The number of amides is 1. The molecule has 0 bridgehead atoms. The summed E-state index contributed by atoms with van der Waals surface area (Å²) >= 11 is 1.72. The Morgan fingerprint density at radius 3 is 2.81 bits per heavy atom. The Hall–Kier alpha value is -1.72. The SMILES string of the molecule is CC(C)c1ccc(-c2nc(CN3CCCC(CCC(N)=O)C3)cs2)cc1. The van der Waals surface area contributed by atoms with Crippen molar-refractivity contribution in [3.8, 4) is 10.6 Å². The predicted molar refractivity (Wildman–Crippen MR) is 108 cm³/mol. The fourth-order valence-electron chi connectivity index (χ4n) is 3.63. The minimum absolute atomic E-state index is 0.185. The fraction of sp³-hybridized carbons (Fsp3) is 0.524. The predicted octanol–water partition coefficient (Wildman–Crippen LogP) is 4.41. The molecule has 1 amide bonds. The second-order valence-electron chi connectivity index (χ2n) is 7.67. The monoisotopic (exact) mass is 371 g/mol. The van der Waals surface area contributed by atoms with Gasteiger partial charge in [-0.05, 0) is 43.2 Å². The van der Waals surface area contributed by atoms with Crippen molar-refractivity contribution >= 4 is 17.2 Å². The molecule has 1 saturated heterocycles. The Morgan fingerprint density at radius 2 is 2.12 bits per heavy atom. The number of hydrogen-bond acceptors (Lipinski definition) is 4. The zero-order valence-electron chi connectivity index (χ0n) is 15.8. The summed E-state index contributed by atoms with van der Waals surface area (Å²) in [5, 5.41) is 3.27. The van der Waals surface area contributed by atoms with Crippen LogP contribution in [0.15, 0.2) is 29.6 Å². The van der Waals surface area contributed by atoms with Crippen LogP contribution >= 0.6 is 11.3 Å². The van der Waals surface area contributed by atoms with Gasteiger partial charge in [0.05, 0.1) is 5.69 Å². The Kier molecular flexibility index (Phi) is 6.43. The highest BCUT2D eigenvalue weighted by molar-refractivity contribution is 7.13. The molecule has 26 heavy (non-hydrogen) atoms. The highest BCUT2D eigenvalue weighted by Crippen LogP contribution is 2.27. The van der Waals surface area contributed by atoms with Gasteiger partial charge in [0.15, 0.2) is 0 Å². The molecule has 1 aromatic carbocycles. The number of rotatable bonds is 7. The third-order valence-corrected chi connectivity index (χ3v) is 6.10. The molecule has 1 fully saturated rings. The van der Waals surface area contributed by atoms with Crippen LogP contribution in [0.3, 0.4) is 0 Å². The fourth-order valence-corrected chi connectivity index (χ4v) is 4.45. The van der Waals surface area contributed by atoms with Crippen molar-refractivity contribution < 1.29 is 4.79 Å². The number of nitrogens with two attached hydrogens (primary N) is 1. The van der Waals surface area contributed by atoms with E-state index in [4.69, 9.17) is 10.7 Å². The molecule has 2 N–H and O–H groups in total. The van der Waals surface area contributed by atoms with E-state index in [2.05, 4.69) is 48.4 Å². The molecule has 2 heterocycles. The van der Waals surface area contributed by atoms with E-state index in [1.807, 2.05) is 0 Å². The summed E-state index contributed by atoms with van der Waals surface area (Å²) in [7, 11) is 0. The van der Waals surface area contributed by atoms with Crippen molar-refractivity contribution in [3.63, 3.8) is 0 Å². The van der Waals surface area contributed by atoms with Gasteiger partial charge in [0, 0.05) is 30.5 Å². The lowest BCUT2D eigenvalue weighted by Gasteiger charge is -2.32. The van der Waals surface area contributed by atoms with E-state index in [1.165, 1.54) is 24.0 Å². The van der Waals surface area contributed by atoms with E-state index in [9.17, 15) is 4.79 Å². The molecule has 1 aromatic heterocycles. The van der Waals surface area contributed by atoms with Gasteiger partial charge in [-0.15, -0.1) is 11.3 Å². The lowest BCUT2D eigenvalue weighted by Crippen LogP contribution is -2.35. The van der Waals surface area contributed by atoms with Gasteiger partial charge < -0.3 is 5.73 Å². The average molecular weight is 372 g/mol. The van der Waals surface area contributed by atoms with Crippen molar-refractivity contribution in [3.05, 3.63) is 40.9 Å². The number of hydrogen-bond donors (Lipinski definition) is 1. The van der Waals surface area contributed by atoms with Crippen molar-refractivity contribution in [1.29, 1.82) is 0 Å². The zero-order valence-corrected chi connectivity index (χ0v) is 16.6. The van der Waals surface area contributed by atoms with Crippen molar-refractivity contribution in [2.24, 2.45) is 11.7 Å². The molecule has 0 radical (unpaired) electrons. The molecule has 1 atom stereocenters. The van der Waals surface area contributed by atoms with E-state index in [1.54, 1.807) is 11.3 Å². The van der Waals surface area contributed by atoms with E-state index in [-0.39, 0.29) is 5.91 Å². The van der Waals surface area contributed by atoms with Gasteiger partial charge in [-0.25, -0.2) is 4.98 Å². The number of likely N-dealkylation sites (tertiary alicyclic amines) is 1. The molecule has 3 rings (SSSR count). The zero-order chi connectivity index (χ0) is 18.5. The highest BCUT2D eigenvalue weighted by atomic mass is 32.1. The standard InChI is InChI=1S/C21H29N3OS/c1-15(2)17-6-8-18(9-7-17)21-23-19(14-26-21)13-24-11-3-4-16(12-24)5-10-20(22)25/h6-9,14-16H,3-5,10-13H2,1-2H3,(H2,22,25). The Morgan fingerprint density at radius 1 is 1.35 bits per heavy atom. The topological polar surface area (TPSA) is 59.2 Å². The normalized spacial score (nSPS) is 18.3. The number of thiazole rings is 1. The minimum atomic E-state index is -0.185. The van der Waals surface area contributed by atoms with Crippen molar-refractivity contribution in [2.75, 3.05) is 13.1 Å². The first-order chi connectivity index (χ1) is 12.5. The van der Waals surface area contributed by atoms with Gasteiger partial charge in [-0.3, -0.25) is 9.69 Å². The number of piperidine rings is 1. The number of primary amides is 1. The number of nitrogens with zero attached hydrogens (tertiary/aromatic N) is 2. The van der Waals surface area contributed by atoms with Crippen LogP contribution < -0.4 is 5.73 Å². The quantitative estimate of drug-likeness (QED) is 0.784. The second-order valence-corrected chi connectivity index (χ2v) is 8.53. The first-order valence-corrected chi connectivity index (χ1v) is 10.4. The van der Waals surface area contributed by atoms with E-state index in [0.29, 0.717) is 18.3 Å². The summed E-state index contributed by atoms with van der Waals surface area (Å²) in [6.07, 6.45) is 3.81. The van der Waals surface area contributed by atoms with E-state index >= 15 is 0 Å². The maximum atomic E-state index is 11.0. The molecule has 0 saturated carbocycles. The highest BCUT2D eigenvalue weighted by Gasteiger charge is 2.21. The summed E-state index contributed by atoms with van der Waals surface area (Å²) in [6.45, 7) is 7.48. The van der Waals surface area contributed by atoms with Gasteiger partial charge in [0.1, 0.15) is 5.01 Å². The number of carbonyl (C=O) groups excluding carboxylic acids is 1. The van der Waals surface area contributed by atoms with Crippen LogP contribution in [-0.2, 0) is 11.3 Å². The number of carbonyl (C=O) groups is 1. The summed E-state index contributed by atoms with van der Waals surface area (Å²) in [4.78, 5) is 18.3. The third kappa shape index (κ3) is 5.15. The molecule has 140 valence electrons. The van der Waals surface area contributed by atoms with E-state index < -0.39 is 0 Å². The first-order valence-electron chi connectivity index (χ1n) is 9.56. The van der Waals surface area contributed by atoms with Gasteiger partial charge >= 0.3 is 0 Å². The average Bonchev–Trinajstić information content (AvgIpc) is 3.09. The smallest absolute Gasteiger partial charge is 0.217 e. The largest absolute Gasteiger partial charge is 0.370 e. The van der Waals surface area contributed by atoms with Crippen molar-refractivity contribution in [1.82, 2.24) is 9.88 Å². The summed E-state index contributed by atoms with van der Waals surface area (Å²) < 4.78 is 0. The molecule has 4 nitrogen and oxygen atoms in total. The molecular formula is C21H29N3OS. The molecule has 0 aliphatic carbocycles. The van der Waals surface area contributed by atoms with Crippen molar-refractivity contribution in [2.45, 2.75) is 52.0 Å². The summed E-state index contributed by atoms with van der Waals surface area (Å²) in [5.74, 6) is 0.949. The maximum absolute atomic E-state index is 11.0. The van der Waals surface area contributed by atoms with Crippen LogP contribution in [0, 0.1) is 5.92 Å². The van der Waals surface area contributed by atoms with E-state index in [0.717, 1.165) is 36.8 Å². The van der Waals surface area contributed by atoms with Crippen LogP contribution in [0.25, 0.3) is 10.6 Å². The Labute approximate surface area is 160 Å². The van der Waals surface area contributed by atoms with Crippen LogP contribution in [0.5, 0.6) is 0 Å². The third-order valence-electron chi connectivity index (χ3n) is 5.16. The lowest BCUT2D eigenvalue weighted by molar-refractivity contribution is -0.118. The minimum Gasteiger partial charge on any atom is -0.370 e. The number of aromatic nitrogens is 1. The summed E-state index contributed by atoms with van der Waals surface area (Å²) in [5.41, 5.74) is 9.00. The molecule has 2 aromatic rings. The van der Waals surface area contributed by atoms with Crippen LogP contribution in [0.2, 0.25) is 0 Å². The second kappa shape index (κ2) is 8.78. The molecule has 0 spiro atoms. The van der Waals surface area contributed by atoms with Gasteiger partial charge in [0.25, 0.3) is 0 Å². The lowest BCUT2D eigenvalue weighted by atomic mass is 9.93. The molecular weight excluding hydrogens is 342 g/mol. The molecule has 5 heteroatoms.